The molecule has 0 N–H and O–H groups in total. The van der Waals surface area contributed by atoms with E-state index in [0.29, 0.717) is 17.5 Å². The molecule has 0 aliphatic carbocycles. The van der Waals surface area contributed by atoms with Gasteiger partial charge in [-0.15, -0.1) is 0 Å². The summed E-state index contributed by atoms with van der Waals surface area (Å²) in [6, 6.07) is 7.61. The van der Waals surface area contributed by atoms with Gasteiger partial charge in [0.15, 0.2) is 5.78 Å². The Labute approximate surface area is 101 Å². The Kier molecular flexibility index (Phi) is 3.62. The van der Waals surface area contributed by atoms with Crippen LogP contribution >= 0.6 is 11.6 Å². The molecule has 2 rings (SSSR count). The average Bonchev–Trinajstić information content (AvgIpc) is 2.64. The van der Waals surface area contributed by atoms with E-state index in [9.17, 15) is 4.79 Å². The first-order chi connectivity index (χ1) is 7.66. The Balaban J connectivity index is 2.03. The van der Waals surface area contributed by atoms with Crippen molar-refractivity contribution >= 4 is 17.4 Å². The number of Topliss-reactive ketones (excluding diaryl/α,β-unsaturated/α-hetero) is 1. The molecular formula is C13H16ClNO. The normalized spacial score (nSPS) is 21.2. The SMILES string of the molecule is CN1CCCC1CC(=O)c1cccc(Cl)c1. The molecule has 1 heterocycles. The van der Waals surface area contributed by atoms with Crippen LogP contribution in [0.25, 0.3) is 0 Å². The summed E-state index contributed by atoms with van der Waals surface area (Å²) in [6.45, 7) is 1.10. The molecule has 86 valence electrons. The molecule has 16 heavy (non-hydrogen) atoms. The lowest BCUT2D eigenvalue weighted by molar-refractivity contribution is 0.0950. The lowest BCUT2D eigenvalue weighted by atomic mass is 10.0. The number of benzene rings is 1. The molecule has 0 amide bonds. The van der Waals surface area contributed by atoms with Crippen LogP contribution in [0.15, 0.2) is 24.3 Å². The zero-order valence-electron chi connectivity index (χ0n) is 9.45. The minimum Gasteiger partial charge on any atom is -0.303 e. The first-order valence-electron chi connectivity index (χ1n) is 5.66. The topological polar surface area (TPSA) is 20.3 Å². The van der Waals surface area contributed by atoms with Crippen molar-refractivity contribution in [2.75, 3.05) is 13.6 Å². The summed E-state index contributed by atoms with van der Waals surface area (Å²) in [4.78, 5) is 14.3. The number of hydrogen-bond donors (Lipinski definition) is 0. The van der Waals surface area contributed by atoms with Crippen molar-refractivity contribution in [3.63, 3.8) is 0 Å². The van der Waals surface area contributed by atoms with Crippen molar-refractivity contribution < 1.29 is 4.79 Å². The summed E-state index contributed by atoms with van der Waals surface area (Å²) in [5.74, 6) is 0.196. The predicted molar refractivity (Wildman–Crippen MR) is 66.1 cm³/mol. The molecule has 0 saturated carbocycles. The Morgan fingerprint density at radius 1 is 1.56 bits per heavy atom. The molecule has 1 aromatic rings. The van der Waals surface area contributed by atoms with Crippen LogP contribution in [0.2, 0.25) is 5.02 Å². The van der Waals surface area contributed by atoms with E-state index in [4.69, 9.17) is 11.6 Å². The third-order valence-electron chi connectivity index (χ3n) is 3.24. The van der Waals surface area contributed by atoms with Gasteiger partial charge in [0.25, 0.3) is 0 Å². The molecular weight excluding hydrogens is 222 g/mol. The second-order valence-corrected chi connectivity index (χ2v) is 4.85. The number of carbonyl (C=O) groups excluding carboxylic acids is 1. The number of rotatable bonds is 3. The van der Waals surface area contributed by atoms with Gasteiger partial charge in [-0.25, -0.2) is 0 Å². The second-order valence-electron chi connectivity index (χ2n) is 4.41. The van der Waals surface area contributed by atoms with E-state index in [2.05, 4.69) is 11.9 Å². The number of hydrogen-bond acceptors (Lipinski definition) is 2. The van der Waals surface area contributed by atoms with Crippen molar-refractivity contribution in [3.8, 4) is 0 Å². The van der Waals surface area contributed by atoms with Crippen LogP contribution in [0.1, 0.15) is 29.6 Å². The predicted octanol–water partition coefficient (Wildman–Crippen LogP) is 3.01. The van der Waals surface area contributed by atoms with Gasteiger partial charge >= 0.3 is 0 Å². The van der Waals surface area contributed by atoms with E-state index in [0.717, 1.165) is 18.5 Å². The van der Waals surface area contributed by atoms with E-state index in [1.165, 1.54) is 6.42 Å². The summed E-state index contributed by atoms with van der Waals surface area (Å²) in [5.41, 5.74) is 0.729. The lowest BCUT2D eigenvalue weighted by Gasteiger charge is -2.18. The highest BCUT2D eigenvalue weighted by Gasteiger charge is 2.23. The van der Waals surface area contributed by atoms with Gasteiger partial charge in [-0.05, 0) is 38.6 Å². The smallest absolute Gasteiger partial charge is 0.164 e. The molecule has 1 atom stereocenters. The van der Waals surface area contributed by atoms with E-state index < -0.39 is 0 Å². The third kappa shape index (κ3) is 2.63. The maximum atomic E-state index is 12.0. The molecule has 2 nitrogen and oxygen atoms in total. The van der Waals surface area contributed by atoms with Crippen LogP contribution < -0.4 is 0 Å². The standard InChI is InChI=1S/C13H16ClNO/c1-15-7-3-6-12(15)9-13(16)10-4-2-5-11(14)8-10/h2,4-5,8,12H,3,6-7,9H2,1H3. The van der Waals surface area contributed by atoms with Gasteiger partial charge in [-0.1, -0.05) is 23.7 Å². The molecule has 1 aromatic carbocycles. The van der Waals surface area contributed by atoms with Gasteiger partial charge < -0.3 is 4.90 Å². The van der Waals surface area contributed by atoms with E-state index in [-0.39, 0.29) is 5.78 Å². The Hall–Kier alpha value is -0.860. The third-order valence-corrected chi connectivity index (χ3v) is 3.47. The van der Waals surface area contributed by atoms with Crippen molar-refractivity contribution in [1.82, 2.24) is 4.90 Å². The summed E-state index contributed by atoms with van der Waals surface area (Å²) < 4.78 is 0. The highest BCUT2D eigenvalue weighted by molar-refractivity contribution is 6.31. The molecule has 0 aromatic heterocycles. The molecule has 0 radical (unpaired) electrons. The fourth-order valence-corrected chi connectivity index (χ4v) is 2.42. The van der Waals surface area contributed by atoms with E-state index >= 15 is 0 Å². The van der Waals surface area contributed by atoms with E-state index in [1.807, 2.05) is 12.1 Å². The lowest BCUT2D eigenvalue weighted by Crippen LogP contribution is -2.27. The van der Waals surface area contributed by atoms with E-state index in [1.54, 1.807) is 12.1 Å². The minimum atomic E-state index is 0.196. The average molecular weight is 238 g/mol. The van der Waals surface area contributed by atoms with Gasteiger partial charge in [-0.2, -0.15) is 0 Å². The second kappa shape index (κ2) is 4.98. The van der Waals surface area contributed by atoms with Crippen LogP contribution in [-0.2, 0) is 0 Å². The van der Waals surface area contributed by atoms with Crippen molar-refractivity contribution in [1.29, 1.82) is 0 Å². The number of carbonyl (C=O) groups is 1. The fourth-order valence-electron chi connectivity index (χ4n) is 2.23. The molecule has 1 unspecified atom stereocenters. The van der Waals surface area contributed by atoms with Crippen LogP contribution in [0.5, 0.6) is 0 Å². The largest absolute Gasteiger partial charge is 0.303 e. The molecule has 3 heteroatoms. The number of nitrogens with zero attached hydrogens (tertiary/aromatic N) is 1. The summed E-state index contributed by atoms with van der Waals surface area (Å²) in [7, 11) is 2.09. The van der Waals surface area contributed by atoms with Crippen LogP contribution in [0, 0.1) is 0 Å². The van der Waals surface area contributed by atoms with Crippen molar-refractivity contribution in [3.05, 3.63) is 34.9 Å². The van der Waals surface area contributed by atoms with Gasteiger partial charge in [0.2, 0.25) is 0 Å². The zero-order chi connectivity index (χ0) is 11.5. The van der Waals surface area contributed by atoms with Gasteiger partial charge in [-0.3, -0.25) is 4.79 Å². The van der Waals surface area contributed by atoms with Gasteiger partial charge in [0.05, 0.1) is 0 Å². The molecule has 1 aliphatic rings. The minimum absolute atomic E-state index is 0.196. The monoisotopic (exact) mass is 237 g/mol. The Bertz CT molecular complexity index is 391. The van der Waals surface area contributed by atoms with Crippen LogP contribution in [-0.4, -0.2) is 30.3 Å². The molecule has 0 spiro atoms. The quantitative estimate of drug-likeness (QED) is 0.754. The molecule has 1 saturated heterocycles. The maximum absolute atomic E-state index is 12.0. The van der Waals surface area contributed by atoms with Gasteiger partial charge in [0, 0.05) is 23.0 Å². The summed E-state index contributed by atoms with van der Waals surface area (Å²) >= 11 is 5.87. The maximum Gasteiger partial charge on any atom is 0.164 e. The summed E-state index contributed by atoms with van der Waals surface area (Å²) in [5, 5.41) is 0.630. The number of ketones is 1. The van der Waals surface area contributed by atoms with Crippen molar-refractivity contribution in [2.24, 2.45) is 0 Å². The van der Waals surface area contributed by atoms with Crippen LogP contribution in [0.4, 0.5) is 0 Å². The molecule has 1 aliphatic heterocycles. The Morgan fingerprint density at radius 2 is 2.38 bits per heavy atom. The zero-order valence-corrected chi connectivity index (χ0v) is 10.2. The van der Waals surface area contributed by atoms with Crippen LogP contribution in [0.3, 0.4) is 0 Å². The highest BCUT2D eigenvalue weighted by atomic mass is 35.5. The number of halogens is 1. The molecule has 1 fully saturated rings. The highest BCUT2D eigenvalue weighted by Crippen LogP contribution is 2.20. The first-order valence-corrected chi connectivity index (χ1v) is 6.03. The first kappa shape index (κ1) is 11.6. The summed E-state index contributed by atoms with van der Waals surface area (Å²) in [6.07, 6.45) is 2.93. The van der Waals surface area contributed by atoms with Crippen molar-refractivity contribution in [2.45, 2.75) is 25.3 Å². The number of likely N-dealkylation sites (tertiary alicyclic amines) is 1. The molecule has 0 bridgehead atoms. The van der Waals surface area contributed by atoms with Gasteiger partial charge in [0.1, 0.15) is 0 Å². The Morgan fingerprint density at radius 3 is 3.00 bits per heavy atom. The fraction of sp³-hybridized carbons (Fsp3) is 0.462.